The fraction of sp³-hybridized carbons (Fsp3) is 0.263. The summed E-state index contributed by atoms with van der Waals surface area (Å²) in [6, 6.07) is 124. The van der Waals surface area contributed by atoms with Crippen molar-refractivity contribution in [2.45, 2.75) is 170 Å². The van der Waals surface area contributed by atoms with Crippen LogP contribution in [0, 0.1) is 16.2 Å². The van der Waals surface area contributed by atoms with E-state index in [1.54, 1.807) is 5.56 Å². The lowest BCUT2D eigenvalue weighted by atomic mass is 9.47. The largest absolute Gasteiger partial charge is 0.310 e. The summed E-state index contributed by atoms with van der Waals surface area (Å²) >= 11 is 0. The zero-order valence-electron chi connectivity index (χ0n) is 73.1. The molecule has 0 radical (unpaired) electrons. The SMILES string of the molecule is CC1(C)c2cc(-c3cc4ccccc4cc3N(c3ccccc3)c3ccccc3)cc3c2C(C)(C1(C)C)C(C)(C)C3(C)C.CC1(C)c2ccc(-c3cc4ccccc4cc3N(c3ccccc3)c3ccccc3)cc2C(C)(C)C1(C)C.CN1C(C)(C)c2ccc(-c3cc4ccccc4cc3N(c3ccccc3)c3ccccc3)cc2C1(C)C. The van der Waals surface area contributed by atoms with E-state index in [2.05, 4.69) is 498 Å². The maximum atomic E-state index is 2.56. The molecule has 0 fully saturated rings. The number of benzene rings is 15. The van der Waals surface area contributed by atoms with E-state index in [1.165, 1.54) is 116 Å². The van der Waals surface area contributed by atoms with Gasteiger partial charge in [-0.25, -0.2) is 0 Å². The Morgan fingerprint density at radius 2 is 0.441 bits per heavy atom. The van der Waals surface area contributed by atoms with Gasteiger partial charge in [-0.2, -0.15) is 0 Å². The Balaban J connectivity index is 0.000000127. The van der Waals surface area contributed by atoms with E-state index in [1.807, 2.05) is 0 Å². The van der Waals surface area contributed by atoms with Gasteiger partial charge < -0.3 is 14.7 Å². The molecule has 0 amide bonds. The second-order valence-electron chi connectivity index (χ2n) is 38.8. The van der Waals surface area contributed by atoms with Gasteiger partial charge in [0, 0.05) is 67.3 Å². The predicted molar refractivity (Wildman–Crippen MR) is 507 cm³/mol. The van der Waals surface area contributed by atoms with Crippen molar-refractivity contribution in [2.75, 3.05) is 21.7 Å². The van der Waals surface area contributed by atoms with Crippen molar-refractivity contribution in [2.24, 2.45) is 16.2 Å². The number of para-hydroxylation sites is 6. The first-order valence-electron chi connectivity index (χ1n) is 42.7. The molecular weight excluding hydrogens is 1430 g/mol. The first-order chi connectivity index (χ1) is 56.2. The molecule has 15 aromatic carbocycles. The third kappa shape index (κ3) is 12.1. The summed E-state index contributed by atoms with van der Waals surface area (Å²) < 4.78 is 0. The highest BCUT2D eigenvalue weighted by Gasteiger charge is 2.72. The molecule has 4 heteroatoms. The van der Waals surface area contributed by atoms with Crippen LogP contribution in [0.25, 0.3) is 65.7 Å². The summed E-state index contributed by atoms with van der Waals surface area (Å²) in [4.78, 5) is 9.71. The minimum absolute atomic E-state index is 0.0102. The van der Waals surface area contributed by atoms with E-state index < -0.39 is 0 Å². The van der Waals surface area contributed by atoms with E-state index in [4.69, 9.17) is 0 Å². The Morgan fingerprint density at radius 3 is 0.754 bits per heavy atom. The van der Waals surface area contributed by atoms with Gasteiger partial charge in [0.25, 0.3) is 0 Å². The van der Waals surface area contributed by atoms with Gasteiger partial charge in [-0.05, 0) is 276 Å². The molecule has 118 heavy (non-hydrogen) atoms. The van der Waals surface area contributed by atoms with Crippen LogP contribution >= 0.6 is 0 Å². The minimum atomic E-state index is -0.0512. The first kappa shape index (κ1) is 78.9. The fourth-order valence-electron chi connectivity index (χ4n) is 21.4. The summed E-state index contributed by atoms with van der Waals surface area (Å²) in [5, 5.41) is 7.50. The maximum absolute atomic E-state index is 2.56. The molecule has 0 saturated heterocycles. The van der Waals surface area contributed by atoms with E-state index in [9.17, 15) is 0 Å². The maximum Gasteiger partial charge on any atom is 0.0546 e. The van der Waals surface area contributed by atoms with E-state index in [0.717, 1.165) is 34.1 Å². The van der Waals surface area contributed by atoms with Gasteiger partial charge in [-0.15, -0.1) is 0 Å². The average molecular weight is 1540 g/mol. The Morgan fingerprint density at radius 1 is 0.203 bits per heavy atom. The Hall–Kier alpha value is -11.6. The van der Waals surface area contributed by atoms with Crippen LogP contribution in [-0.4, -0.2) is 11.9 Å². The summed E-state index contributed by atoms with van der Waals surface area (Å²) in [5.41, 5.74) is 29.0. The Bertz CT molecular complexity index is 6130. The van der Waals surface area contributed by atoms with Crippen LogP contribution in [0.4, 0.5) is 51.2 Å². The van der Waals surface area contributed by atoms with E-state index in [0.29, 0.717) is 0 Å². The molecule has 4 nitrogen and oxygen atoms in total. The van der Waals surface area contributed by atoms with Crippen molar-refractivity contribution in [1.29, 1.82) is 0 Å². The highest BCUT2D eigenvalue weighted by molar-refractivity contribution is 6.02. The van der Waals surface area contributed by atoms with Crippen molar-refractivity contribution in [3.05, 3.63) is 379 Å². The average Bonchev–Trinajstić information content (AvgIpc) is 1.47. The third-order valence-corrected chi connectivity index (χ3v) is 31.5. The number of hydrogen-bond acceptors (Lipinski definition) is 4. The minimum Gasteiger partial charge on any atom is -0.310 e. The topological polar surface area (TPSA) is 13.0 Å². The van der Waals surface area contributed by atoms with Crippen molar-refractivity contribution in [3.63, 3.8) is 0 Å². The predicted octanol–water partition coefficient (Wildman–Crippen LogP) is 31.8. The van der Waals surface area contributed by atoms with Crippen LogP contribution in [0.1, 0.15) is 170 Å². The number of rotatable bonds is 12. The van der Waals surface area contributed by atoms with Crippen LogP contribution in [0.2, 0.25) is 0 Å². The third-order valence-electron chi connectivity index (χ3n) is 31.5. The molecule has 0 atom stereocenters. The van der Waals surface area contributed by atoms with Gasteiger partial charge in [0.1, 0.15) is 0 Å². The summed E-state index contributed by atoms with van der Waals surface area (Å²) in [5.74, 6) is 0. The standard InChI is InChI=1S/C42H45N.C37H37N.C35H34N2/c1-38(2)34-25-30(26-35-37(34)42(9,40(38,5)6)41(7,8)39(35,3)4)33-24-28-18-16-17-19-29(28)27-36(33)43(31-20-12-10-13-21-31)32-22-14-11-15-23-32;1-35(2)32-22-21-28(24-33(32)36(3,4)37(35,5)6)31-23-26-15-13-14-16-27(26)25-34(31)38(29-17-9-7-10-18-29)30-19-11-8-12-20-30;1-34(2)31-21-20-27(23-32(31)35(3,4)36(34)5)30-22-25-14-12-13-15-26(25)24-33(30)37(28-16-8-6-9-17-28)29-18-10-7-11-19-29/h10-27H,1-9H3;7-25H,1-6H3;6-24H,1-5H3. The highest BCUT2D eigenvalue weighted by atomic mass is 15.2. The molecule has 592 valence electrons. The number of nitrogens with zero attached hydrogens (tertiary/aromatic N) is 4. The number of anilines is 9. The quantitative estimate of drug-likeness (QED) is 0.121. The van der Waals surface area contributed by atoms with Gasteiger partial charge in [-0.1, -0.05) is 328 Å². The molecule has 1 heterocycles. The molecule has 4 aliphatic rings. The molecule has 3 aliphatic carbocycles. The summed E-state index contributed by atoms with van der Waals surface area (Å²) in [7, 11) is 2.24. The number of hydrogen-bond donors (Lipinski definition) is 0. The lowest BCUT2D eigenvalue weighted by molar-refractivity contribution is -0.0105. The monoisotopic (exact) mass is 1540 g/mol. The summed E-state index contributed by atoms with van der Waals surface area (Å²) in [6.45, 7) is 46.5. The normalized spacial score (nSPS) is 17.6. The Kier molecular flexibility index (Phi) is 19.1. The zero-order chi connectivity index (χ0) is 83.1. The molecule has 0 aromatic heterocycles. The molecule has 0 unspecified atom stereocenters. The molecule has 0 bridgehead atoms. The molecule has 19 rings (SSSR count). The van der Waals surface area contributed by atoms with E-state index >= 15 is 0 Å². The lowest BCUT2D eigenvalue weighted by Gasteiger charge is -2.56. The Labute approximate surface area is 703 Å². The lowest BCUT2D eigenvalue weighted by Crippen LogP contribution is -2.55. The van der Waals surface area contributed by atoms with Gasteiger partial charge >= 0.3 is 0 Å². The van der Waals surface area contributed by atoms with Crippen LogP contribution in [-0.2, 0) is 38.2 Å². The van der Waals surface area contributed by atoms with Crippen LogP contribution in [0.5, 0.6) is 0 Å². The molecule has 0 N–H and O–H groups in total. The molecule has 15 aromatic rings. The van der Waals surface area contributed by atoms with Gasteiger partial charge in [-0.3, -0.25) is 4.90 Å². The van der Waals surface area contributed by atoms with Crippen LogP contribution in [0.15, 0.2) is 340 Å². The van der Waals surface area contributed by atoms with Gasteiger partial charge in [0.15, 0.2) is 0 Å². The molecule has 0 saturated carbocycles. The van der Waals surface area contributed by atoms with Crippen molar-refractivity contribution >= 4 is 83.5 Å². The molecule has 1 aliphatic heterocycles. The number of fused-ring (bicyclic) bond motifs is 5. The summed E-state index contributed by atoms with van der Waals surface area (Å²) in [6.07, 6.45) is 0. The highest BCUT2D eigenvalue weighted by Crippen LogP contribution is 2.76. The van der Waals surface area contributed by atoms with Gasteiger partial charge in [0.05, 0.1) is 17.1 Å². The molecular formula is C114H116N4. The van der Waals surface area contributed by atoms with Crippen molar-refractivity contribution < 1.29 is 0 Å². The van der Waals surface area contributed by atoms with E-state index in [-0.39, 0.29) is 54.4 Å². The second kappa shape index (κ2) is 28.6. The second-order valence-corrected chi connectivity index (χ2v) is 38.8. The molecule has 0 spiro atoms. The smallest absolute Gasteiger partial charge is 0.0546 e. The zero-order valence-corrected chi connectivity index (χ0v) is 73.1. The fourth-order valence-corrected chi connectivity index (χ4v) is 21.4. The van der Waals surface area contributed by atoms with Crippen molar-refractivity contribution in [1.82, 2.24) is 4.90 Å². The van der Waals surface area contributed by atoms with Crippen LogP contribution in [0.3, 0.4) is 0 Å². The van der Waals surface area contributed by atoms with Crippen LogP contribution < -0.4 is 14.7 Å². The van der Waals surface area contributed by atoms with Gasteiger partial charge in [0.2, 0.25) is 0 Å². The van der Waals surface area contributed by atoms with Crippen molar-refractivity contribution in [3.8, 4) is 33.4 Å². The first-order valence-corrected chi connectivity index (χ1v) is 42.7.